The molecule has 102 valence electrons. The fourth-order valence-electron chi connectivity index (χ4n) is 0.773. The van der Waals surface area contributed by atoms with E-state index in [0.29, 0.717) is 13.1 Å². The smallest absolute Gasteiger partial charge is 0.211 e. The fraction of sp³-hybridized carbons (Fsp3) is 0.636. The summed E-state index contributed by atoms with van der Waals surface area (Å²) in [5.74, 6) is 0. The van der Waals surface area contributed by atoms with Crippen LogP contribution in [0.5, 0.6) is 0 Å². The maximum Gasteiger partial charge on any atom is 0.235 e. The first-order chi connectivity index (χ1) is 9.22. The maximum atomic E-state index is 9.55. The summed E-state index contributed by atoms with van der Waals surface area (Å²) in [6.45, 7) is 2.81. The van der Waals surface area contributed by atoms with Crippen molar-refractivity contribution in [2.45, 2.75) is 25.8 Å². The molecule has 1 unspecified atom stereocenters. The molecule has 8 heteroatoms. The van der Waals surface area contributed by atoms with Gasteiger partial charge in [-0.05, 0) is 19.8 Å². The lowest BCUT2D eigenvalue weighted by molar-refractivity contribution is 0.554. The lowest BCUT2D eigenvalue weighted by Crippen LogP contribution is -2.00. The Morgan fingerprint density at radius 2 is 1.26 bits per heavy atom. The van der Waals surface area contributed by atoms with Crippen LogP contribution in [0, 0.1) is 0 Å². The highest BCUT2D eigenvalue weighted by Crippen LogP contribution is 1.88. The zero-order valence-electron chi connectivity index (χ0n) is 10.5. The highest BCUT2D eigenvalue weighted by Gasteiger charge is 1.93. The van der Waals surface area contributed by atoms with Gasteiger partial charge in [0.25, 0.3) is 0 Å². The summed E-state index contributed by atoms with van der Waals surface area (Å²) in [6, 6.07) is -0.260. The van der Waals surface area contributed by atoms with E-state index in [9.17, 15) is 19.2 Å². The molecule has 0 aliphatic carbocycles. The molecule has 0 saturated heterocycles. The Balaban J connectivity index is 0. The van der Waals surface area contributed by atoms with Crippen LogP contribution in [-0.4, -0.2) is 50.0 Å². The maximum absolute atomic E-state index is 9.55. The Bertz CT molecular complexity index is 392. The minimum Gasteiger partial charge on any atom is -0.211 e. The van der Waals surface area contributed by atoms with Crippen molar-refractivity contribution in [3.05, 3.63) is 0 Å². The van der Waals surface area contributed by atoms with Crippen molar-refractivity contribution < 1.29 is 19.2 Å². The third-order valence-corrected chi connectivity index (χ3v) is 1.61. The van der Waals surface area contributed by atoms with E-state index in [1.165, 1.54) is 24.3 Å². The second kappa shape index (κ2) is 17.9. The Morgan fingerprint density at radius 3 is 1.63 bits per heavy atom. The molecule has 0 spiro atoms. The van der Waals surface area contributed by atoms with Gasteiger partial charge in [0.1, 0.15) is 0 Å². The van der Waals surface area contributed by atoms with E-state index in [-0.39, 0.29) is 12.6 Å². The van der Waals surface area contributed by atoms with Crippen LogP contribution in [0.3, 0.4) is 0 Å². The lowest BCUT2D eigenvalue weighted by atomic mass is 10.3. The molecule has 0 bridgehead atoms. The van der Waals surface area contributed by atoms with Crippen LogP contribution in [0.4, 0.5) is 0 Å². The van der Waals surface area contributed by atoms with Crippen molar-refractivity contribution in [3.63, 3.8) is 0 Å². The number of isocyanates is 4. The topological polar surface area (TPSA) is 118 Å². The SMILES string of the molecule is CC(CN=C=O)N=C=O.O=C=NCCCCN=C=O. The van der Waals surface area contributed by atoms with Crippen molar-refractivity contribution in [2.24, 2.45) is 20.0 Å². The fourth-order valence-corrected chi connectivity index (χ4v) is 0.773. The van der Waals surface area contributed by atoms with Crippen molar-refractivity contribution in [1.29, 1.82) is 0 Å². The van der Waals surface area contributed by atoms with E-state index < -0.39 is 0 Å². The number of nitrogens with zero attached hydrogens (tertiary/aromatic N) is 4. The number of aliphatic imine (C=N–C) groups is 4. The molecule has 0 aliphatic rings. The van der Waals surface area contributed by atoms with Gasteiger partial charge in [-0.2, -0.15) is 0 Å². The molecular weight excluding hydrogens is 252 g/mol. The second-order valence-corrected chi connectivity index (χ2v) is 3.15. The molecule has 0 rings (SSSR count). The Labute approximate surface area is 110 Å². The van der Waals surface area contributed by atoms with Gasteiger partial charge in [0.05, 0.1) is 25.7 Å². The van der Waals surface area contributed by atoms with Crippen molar-refractivity contribution in [2.75, 3.05) is 19.6 Å². The van der Waals surface area contributed by atoms with Gasteiger partial charge in [0, 0.05) is 0 Å². The van der Waals surface area contributed by atoms with E-state index >= 15 is 0 Å². The molecule has 0 radical (unpaired) electrons. The van der Waals surface area contributed by atoms with Crippen molar-refractivity contribution in [1.82, 2.24) is 0 Å². The molecule has 0 saturated carbocycles. The first-order valence-electron chi connectivity index (χ1n) is 5.40. The van der Waals surface area contributed by atoms with Crippen LogP contribution in [0.25, 0.3) is 0 Å². The zero-order valence-corrected chi connectivity index (χ0v) is 10.5. The van der Waals surface area contributed by atoms with Gasteiger partial charge >= 0.3 is 0 Å². The third kappa shape index (κ3) is 21.4. The van der Waals surface area contributed by atoms with Gasteiger partial charge in [0.2, 0.25) is 24.3 Å². The first kappa shape index (κ1) is 18.9. The van der Waals surface area contributed by atoms with E-state index in [1.807, 2.05) is 0 Å². The molecule has 0 aromatic rings. The van der Waals surface area contributed by atoms with Crippen LogP contribution in [0.2, 0.25) is 0 Å². The Morgan fingerprint density at radius 1 is 0.789 bits per heavy atom. The summed E-state index contributed by atoms with van der Waals surface area (Å²) < 4.78 is 0. The zero-order chi connectivity index (χ0) is 14.8. The van der Waals surface area contributed by atoms with Crippen LogP contribution < -0.4 is 0 Å². The van der Waals surface area contributed by atoms with E-state index in [1.54, 1.807) is 6.92 Å². The Hall–Kier alpha value is -2.48. The van der Waals surface area contributed by atoms with Crippen LogP contribution in [0.1, 0.15) is 19.8 Å². The number of unbranched alkanes of at least 4 members (excludes halogenated alkanes) is 1. The van der Waals surface area contributed by atoms with Crippen LogP contribution in [0.15, 0.2) is 20.0 Å². The molecule has 1 atom stereocenters. The molecule has 0 aliphatic heterocycles. The van der Waals surface area contributed by atoms with Gasteiger partial charge in [-0.25, -0.2) is 39.1 Å². The Kier molecular flexibility index (Phi) is 17.8. The second-order valence-electron chi connectivity index (χ2n) is 3.15. The third-order valence-electron chi connectivity index (χ3n) is 1.61. The van der Waals surface area contributed by atoms with Gasteiger partial charge in [0.15, 0.2) is 0 Å². The van der Waals surface area contributed by atoms with Gasteiger partial charge in [-0.1, -0.05) is 0 Å². The number of rotatable bonds is 8. The standard InChI is InChI=1S/C6H8N2O2.C5H6N2O2/c9-5-7-3-1-2-4-8-6-10;1-5(7-4-9)2-6-3-8/h1-4H2;5H,2H2,1H3. The summed E-state index contributed by atoms with van der Waals surface area (Å²) in [5, 5.41) is 0. The van der Waals surface area contributed by atoms with Gasteiger partial charge in [-0.15, -0.1) is 0 Å². The largest absolute Gasteiger partial charge is 0.235 e. The normalized spacial score (nSPS) is 9.11. The van der Waals surface area contributed by atoms with Gasteiger partial charge < -0.3 is 0 Å². The number of hydrogen-bond donors (Lipinski definition) is 0. The summed E-state index contributed by atoms with van der Waals surface area (Å²) in [7, 11) is 0. The lowest BCUT2D eigenvalue weighted by Gasteiger charge is -1.91. The monoisotopic (exact) mass is 266 g/mol. The molecular formula is C11H14N4O4. The quantitative estimate of drug-likeness (QED) is 0.360. The molecule has 8 nitrogen and oxygen atoms in total. The highest BCUT2D eigenvalue weighted by atomic mass is 16.1. The highest BCUT2D eigenvalue weighted by molar-refractivity contribution is 5.35. The minimum absolute atomic E-state index is 0.207. The number of carbonyl (C=O) groups excluding carboxylic acids is 4. The summed E-state index contributed by atoms with van der Waals surface area (Å²) in [4.78, 5) is 51.2. The van der Waals surface area contributed by atoms with E-state index in [0.717, 1.165) is 12.8 Å². The average molecular weight is 266 g/mol. The van der Waals surface area contributed by atoms with E-state index in [2.05, 4.69) is 20.0 Å². The van der Waals surface area contributed by atoms with Gasteiger partial charge in [-0.3, -0.25) is 0 Å². The molecule has 0 aromatic carbocycles. The predicted octanol–water partition coefficient (Wildman–Crippen LogP) is 0.485. The van der Waals surface area contributed by atoms with Crippen molar-refractivity contribution in [3.8, 4) is 0 Å². The minimum atomic E-state index is -0.260. The molecule has 0 heterocycles. The van der Waals surface area contributed by atoms with Crippen LogP contribution >= 0.6 is 0 Å². The van der Waals surface area contributed by atoms with E-state index in [4.69, 9.17) is 0 Å². The first-order valence-corrected chi connectivity index (χ1v) is 5.40. The molecule has 19 heavy (non-hydrogen) atoms. The summed E-state index contributed by atoms with van der Waals surface area (Å²) in [5.41, 5.74) is 0. The summed E-state index contributed by atoms with van der Waals surface area (Å²) in [6.07, 6.45) is 7.08. The molecule has 0 aromatic heterocycles. The number of hydrogen-bond acceptors (Lipinski definition) is 8. The average Bonchev–Trinajstić information content (AvgIpc) is 2.41. The molecule has 0 fully saturated rings. The van der Waals surface area contributed by atoms with Crippen molar-refractivity contribution >= 4 is 24.3 Å². The van der Waals surface area contributed by atoms with Crippen LogP contribution in [-0.2, 0) is 19.2 Å². The molecule has 0 amide bonds. The predicted molar refractivity (Wildman–Crippen MR) is 65.8 cm³/mol. The molecule has 0 N–H and O–H groups in total. The summed E-state index contributed by atoms with van der Waals surface area (Å²) >= 11 is 0.